The fourth-order valence-corrected chi connectivity index (χ4v) is 5.11. The van der Waals surface area contributed by atoms with Crippen LogP contribution in [0, 0.1) is 0 Å². The number of carbonyl (C=O) groups is 4. The van der Waals surface area contributed by atoms with Crippen molar-refractivity contribution >= 4 is 23.5 Å². The monoisotopic (exact) mass is 571 g/mol. The predicted molar refractivity (Wildman–Crippen MR) is 150 cm³/mol. The van der Waals surface area contributed by atoms with Gasteiger partial charge in [0.25, 0.3) is 0 Å². The number of hydrogen-bond acceptors (Lipinski definition) is 8. The van der Waals surface area contributed by atoms with Gasteiger partial charge in [0.1, 0.15) is 17.7 Å². The molecule has 2 fully saturated rings. The van der Waals surface area contributed by atoms with Crippen molar-refractivity contribution in [1.29, 1.82) is 0 Å². The first-order chi connectivity index (χ1) is 19.5. The van der Waals surface area contributed by atoms with Crippen molar-refractivity contribution in [3.8, 4) is 0 Å². The molecule has 4 rings (SSSR count). The highest BCUT2D eigenvalue weighted by Gasteiger charge is 2.50. The third-order valence-corrected chi connectivity index (χ3v) is 7.79. The third-order valence-electron chi connectivity index (χ3n) is 7.79. The lowest BCUT2D eigenvalue weighted by molar-refractivity contribution is -0.134. The summed E-state index contributed by atoms with van der Waals surface area (Å²) in [5.41, 5.74) is 0.634. The Labute approximate surface area is 239 Å². The zero-order valence-electron chi connectivity index (χ0n) is 24.1. The highest BCUT2D eigenvalue weighted by Crippen LogP contribution is 2.31. The molecule has 1 aromatic heterocycles. The molecule has 0 unspecified atom stereocenters. The number of amides is 3. The van der Waals surface area contributed by atoms with E-state index in [1.165, 1.54) is 10.6 Å². The minimum atomic E-state index is -1.06. The molecule has 0 saturated carbocycles. The van der Waals surface area contributed by atoms with Crippen LogP contribution in [0.25, 0.3) is 0 Å². The van der Waals surface area contributed by atoms with E-state index in [2.05, 4.69) is 22.0 Å². The van der Waals surface area contributed by atoms with Gasteiger partial charge in [-0.3, -0.25) is 28.9 Å². The molecular formula is C29H41N5O7. The van der Waals surface area contributed by atoms with Crippen molar-refractivity contribution in [2.45, 2.75) is 69.7 Å². The number of nitrogens with zero attached hydrogens (tertiary/aromatic N) is 2. The number of pyridine rings is 1. The maximum absolute atomic E-state index is 13.7. The molecule has 1 aliphatic carbocycles. The Morgan fingerprint density at radius 2 is 1.73 bits per heavy atom. The van der Waals surface area contributed by atoms with Crippen LogP contribution in [-0.2, 0) is 42.1 Å². The maximum atomic E-state index is 13.7. The van der Waals surface area contributed by atoms with Crippen LogP contribution in [0.4, 0.5) is 0 Å². The van der Waals surface area contributed by atoms with Crippen molar-refractivity contribution in [3.05, 3.63) is 45.9 Å². The number of Topliss-reactive ketones (excluding diaryl/α,β-unsaturated/α-hetero) is 1. The van der Waals surface area contributed by atoms with Crippen LogP contribution in [0.2, 0.25) is 0 Å². The Balaban J connectivity index is 1.46. The Morgan fingerprint density at radius 1 is 1.02 bits per heavy atom. The lowest BCUT2D eigenvalue weighted by Crippen LogP contribution is -2.57. The van der Waals surface area contributed by atoms with E-state index >= 15 is 0 Å². The van der Waals surface area contributed by atoms with E-state index in [-0.39, 0.29) is 30.2 Å². The van der Waals surface area contributed by atoms with Gasteiger partial charge in [-0.2, -0.15) is 0 Å². The van der Waals surface area contributed by atoms with E-state index in [0.717, 1.165) is 24.8 Å². The van der Waals surface area contributed by atoms with Crippen molar-refractivity contribution in [2.24, 2.45) is 7.05 Å². The maximum Gasteiger partial charge on any atom is 0.250 e. The highest BCUT2D eigenvalue weighted by molar-refractivity contribution is 5.98. The standard InChI is InChI=1S/C29H41N5O7/c1-19(30-24(35)17-34-10-12-40-13-11-34)27(38)32-23(15-21-8-9-25(36)33(3)16-21)28(39)31-22(14-20-6-4-5-7-20)26(37)29(2)18-41-29/h6,8-9,16,19,22-23H,4-5,7,10-15,17-18H2,1-3H3,(H,30,35)(H,31,39)(H,32,38)/t19-,22-,23-,29+/m0/s1. The van der Waals surface area contributed by atoms with Crippen LogP contribution < -0.4 is 21.5 Å². The zero-order valence-corrected chi connectivity index (χ0v) is 24.1. The van der Waals surface area contributed by atoms with E-state index < -0.39 is 35.5 Å². The van der Waals surface area contributed by atoms with Crippen molar-refractivity contribution in [2.75, 3.05) is 39.5 Å². The number of allylic oxidation sites excluding steroid dienone is 1. The Bertz CT molecular complexity index is 1230. The molecular weight excluding hydrogens is 530 g/mol. The number of aryl methyl sites for hydroxylation is 1. The van der Waals surface area contributed by atoms with Crippen LogP contribution in [0.15, 0.2) is 34.8 Å². The number of nitrogens with one attached hydrogen (secondary N) is 3. The molecule has 0 bridgehead atoms. The van der Waals surface area contributed by atoms with E-state index in [1.807, 2.05) is 4.90 Å². The largest absolute Gasteiger partial charge is 0.379 e. The number of carbonyl (C=O) groups excluding carboxylic acids is 4. The molecule has 2 saturated heterocycles. The fraction of sp³-hybridized carbons (Fsp3) is 0.621. The number of ether oxygens (including phenoxy) is 2. The molecule has 3 N–H and O–H groups in total. The summed E-state index contributed by atoms with van der Waals surface area (Å²) in [5.74, 6) is -1.57. The lowest BCUT2D eigenvalue weighted by atomic mass is 9.94. The second-order valence-electron chi connectivity index (χ2n) is 11.3. The van der Waals surface area contributed by atoms with Gasteiger partial charge in [0.15, 0.2) is 5.78 Å². The average Bonchev–Trinajstić information content (AvgIpc) is 3.48. The van der Waals surface area contributed by atoms with E-state index in [4.69, 9.17) is 9.47 Å². The first-order valence-electron chi connectivity index (χ1n) is 14.3. The van der Waals surface area contributed by atoms with Crippen LogP contribution in [-0.4, -0.2) is 96.2 Å². The van der Waals surface area contributed by atoms with Gasteiger partial charge in [-0.25, -0.2) is 0 Å². The smallest absolute Gasteiger partial charge is 0.250 e. The second kappa shape index (κ2) is 13.5. The molecule has 3 amide bonds. The topological polar surface area (TPSA) is 151 Å². The van der Waals surface area contributed by atoms with Crippen LogP contribution >= 0.6 is 0 Å². The Morgan fingerprint density at radius 3 is 2.37 bits per heavy atom. The van der Waals surface area contributed by atoms with E-state index in [9.17, 15) is 24.0 Å². The summed E-state index contributed by atoms with van der Waals surface area (Å²) in [4.78, 5) is 66.5. The van der Waals surface area contributed by atoms with Crippen molar-refractivity contribution < 1.29 is 28.7 Å². The first kappa shape index (κ1) is 30.6. The number of epoxide rings is 1. The molecule has 3 aliphatic rings. The molecule has 0 spiro atoms. The lowest BCUT2D eigenvalue weighted by Gasteiger charge is -2.27. The molecule has 12 nitrogen and oxygen atoms in total. The normalized spacial score (nSPS) is 22.7. The Hall–Kier alpha value is -3.35. The molecule has 0 aromatic carbocycles. The van der Waals surface area contributed by atoms with Crippen LogP contribution in [0.5, 0.6) is 0 Å². The van der Waals surface area contributed by atoms with Gasteiger partial charge in [0.2, 0.25) is 23.3 Å². The molecule has 224 valence electrons. The fourth-order valence-electron chi connectivity index (χ4n) is 5.11. The van der Waals surface area contributed by atoms with Crippen LogP contribution in [0.1, 0.15) is 45.1 Å². The third kappa shape index (κ3) is 8.57. The quantitative estimate of drug-likeness (QED) is 0.214. The zero-order chi connectivity index (χ0) is 29.6. The molecule has 3 heterocycles. The number of morpholine rings is 1. The Kier molecular flexibility index (Phi) is 10.1. The van der Waals surface area contributed by atoms with Crippen LogP contribution in [0.3, 0.4) is 0 Å². The summed E-state index contributed by atoms with van der Waals surface area (Å²) in [5, 5.41) is 8.33. The summed E-state index contributed by atoms with van der Waals surface area (Å²) in [6.45, 7) is 6.09. The number of ketones is 1. The predicted octanol–water partition coefficient (Wildman–Crippen LogP) is -0.407. The summed E-state index contributed by atoms with van der Waals surface area (Å²) < 4.78 is 12.1. The van der Waals surface area contributed by atoms with Gasteiger partial charge in [-0.1, -0.05) is 17.7 Å². The van der Waals surface area contributed by atoms with E-state index in [1.54, 1.807) is 33.2 Å². The minimum Gasteiger partial charge on any atom is -0.379 e. The molecule has 0 radical (unpaired) electrons. The molecule has 41 heavy (non-hydrogen) atoms. The minimum absolute atomic E-state index is 0.0809. The van der Waals surface area contributed by atoms with Gasteiger partial charge in [0.05, 0.1) is 32.4 Å². The van der Waals surface area contributed by atoms with E-state index in [0.29, 0.717) is 44.9 Å². The summed E-state index contributed by atoms with van der Waals surface area (Å²) >= 11 is 0. The van der Waals surface area contributed by atoms with Gasteiger partial charge in [0, 0.05) is 38.8 Å². The number of aromatic nitrogens is 1. The SMILES string of the molecule is C[C@H](NC(=O)CN1CCOCC1)C(=O)N[C@@H](Cc1ccc(=O)n(C)c1)C(=O)N[C@@H](CC1=CCCC1)C(=O)[C@@]1(C)CO1. The highest BCUT2D eigenvalue weighted by atomic mass is 16.6. The molecule has 4 atom stereocenters. The molecule has 1 aromatic rings. The second-order valence-corrected chi connectivity index (χ2v) is 11.3. The number of rotatable bonds is 13. The van der Waals surface area contributed by atoms with Crippen molar-refractivity contribution in [3.63, 3.8) is 0 Å². The average molecular weight is 572 g/mol. The van der Waals surface area contributed by atoms with Gasteiger partial charge in [-0.05, 0) is 45.1 Å². The summed E-state index contributed by atoms with van der Waals surface area (Å²) in [7, 11) is 1.60. The summed E-state index contributed by atoms with van der Waals surface area (Å²) in [6.07, 6.45) is 7.00. The molecule has 2 aliphatic heterocycles. The molecule has 12 heteroatoms. The van der Waals surface area contributed by atoms with Gasteiger partial charge >= 0.3 is 0 Å². The first-order valence-corrected chi connectivity index (χ1v) is 14.3. The number of hydrogen-bond donors (Lipinski definition) is 3. The van der Waals surface area contributed by atoms with Gasteiger partial charge in [-0.15, -0.1) is 0 Å². The van der Waals surface area contributed by atoms with Gasteiger partial charge < -0.3 is 30.0 Å². The summed E-state index contributed by atoms with van der Waals surface area (Å²) in [6, 6.07) is 0.237. The van der Waals surface area contributed by atoms with Crippen molar-refractivity contribution in [1.82, 2.24) is 25.4 Å².